The van der Waals surface area contributed by atoms with Crippen molar-refractivity contribution in [2.45, 2.75) is 46.6 Å². The number of rotatable bonds is 8. The van der Waals surface area contributed by atoms with E-state index in [2.05, 4.69) is 11.4 Å². The summed E-state index contributed by atoms with van der Waals surface area (Å²) in [6.45, 7) is 9.63. The minimum Gasteiger partial charge on any atom is -0.491 e. The summed E-state index contributed by atoms with van der Waals surface area (Å²) < 4.78 is 6.08. The molecule has 1 aliphatic rings. The van der Waals surface area contributed by atoms with E-state index in [0.717, 1.165) is 18.6 Å². The summed E-state index contributed by atoms with van der Waals surface area (Å²) in [5.74, 6) is 0.713. The summed E-state index contributed by atoms with van der Waals surface area (Å²) in [4.78, 5) is 30.8. The van der Waals surface area contributed by atoms with E-state index >= 15 is 0 Å². The van der Waals surface area contributed by atoms with Crippen molar-refractivity contribution < 1.29 is 14.3 Å². The summed E-state index contributed by atoms with van der Waals surface area (Å²) in [5.41, 5.74) is 2.35. The van der Waals surface area contributed by atoms with Gasteiger partial charge >= 0.3 is 0 Å². The van der Waals surface area contributed by atoms with Gasteiger partial charge in [0.05, 0.1) is 12.6 Å². The van der Waals surface area contributed by atoms with Crippen molar-refractivity contribution in [3.8, 4) is 5.75 Å². The number of ether oxygens (including phenoxy) is 1. The minimum absolute atomic E-state index is 0.00759. The van der Waals surface area contributed by atoms with Gasteiger partial charge in [0.15, 0.2) is 0 Å². The van der Waals surface area contributed by atoms with E-state index in [4.69, 9.17) is 4.74 Å². The average molecular weight is 429 g/mol. The standard InChI is InChI=1S/C24H32N2O3S/c1-5-12-25(24(28)17(2)3)15-23(27)26-13-10-22-20(11-14-30-22)21(26)16-29-19-8-6-18(4)7-9-19/h6-9,11,14,17,21H,5,10,12-13,15-16H2,1-4H3/t21-/m0/s1. The van der Waals surface area contributed by atoms with Crippen LogP contribution in [-0.2, 0) is 16.0 Å². The number of aryl methyl sites for hydroxylation is 1. The van der Waals surface area contributed by atoms with Crippen LogP contribution >= 0.6 is 11.3 Å². The molecule has 0 fully saturated rings. The van der Waals surface area contributed by atoms with E-state index in [0.29, 0.717) is 19.7 Å². The van der Waals surface area contributed by atoms with E-state index in [1.807, 2.05) is 56.9 Å². The van der Waals surface area contributed by atoms with Crippen LogP contribution in [0.5, 0.6) is 5.75 Å². The Labute approximate surface area is 183 Å². The molecule has 1 atom stereocenters. The molecule has 0 radical (unpaired) electrons. The molecule has 1 aromatic carbocycles. The molecule has 5 nitrogen and oxygen atoms in total. The van der Waals surface area contributed by atoms with Crippen molar-refractivity contribution in [1.29, 1.82) is 0 Å². The van der Waals surface area contributed by atoms with Gasteiger partial charge in [-0.25, -0.2) is 0 Å². The van der Waals surface area contributed by atoms with E-state index in [1.54, 1.807) is 16.2 Å². The zero-order valence-electron chi connectivity index (χ0n) is 18.4. The lowest BCUT2D eigenvalue weighted by atomic mass is 10.00. The maximum Gasteiger partial charge on any atom is 0.242 e. The van der Waals surface area contributed by atoms with E-state index in [-0.39, 0.29) is 30.3 Å². The van der Waals surface area contributed by atoms with E-state index < -0.39 is 0 Å². The molecule has 6 heteroatoms. The van der Waals surface area contributed by atoms with Gasteiger partial charge < -0.3 is 14.5 Å². The van der Waals surface area contributed by atoms with Crippen LogP contribution in [0.15, 0.2) is 35.7 Å². The first-order valence-corrected chi connectivity index (χ1v) is 11.6. The third-order valence-corrected chi connectivity index (χ3v) is 6.47. The van der Waals surface area contributed by atoms with Crippen molar-refractivity contribution in [2.75, 3.05) is 26.2 Å². The predicted molar refractivity (Wildman–Crippen MR) is 121 cm³/mol. The third-order valence-electron chi connectivity index (χ3n) is 5.47. The Morgan fingerprint density at radius 1 is 1.23 bits per heavy atom. The van der Waals surface area contributed by atoms with Crippen molar-refractivity contribution in [3.63, 3.8) is 0 Å². The molecule has 162 valence electrons. The smallest absolute Gasteiger partial charge is 0.242 e. The molecule has 2 amide bonds. The fourth-order valence-electron chi connectivity index (χ4n) is 3.84. The van der Waals surface area contributed by atoms with Crippen molar-refractivity contribution in [3.05, 3.63) is 51.7 Å². The first-order valence-electron chi connectivity index (χ1n) is 10.7. The molecule has 0 spiro atoms. The molecule has 0 bridgehead atoms. The number of carbonyl (C=O) groups excluding carboxylic acids is 2. The third kappa shape index (κ3) is 5.22. The van der Waals surface area contributed by atoms with Crippen molar-refractivity contribution in [2.24, 2.45) is 5.92 Å². The van der Waals surface area contributed by atoms with Gasteiger partial charge in [0.25, 0.3) is 0 Å². The minimum atomic E-state index is -0.133. The quantitative estimate of drug-likeness (QED) is 0.624. The highest BCUT2D eigenvalue weighted by molar-refractivity contribution is 7.10. The maximum absolute atomic E-state index is 13.3. The van der Waals surface area contributed by atoms with Crippen LogP contribution in [0.2, 0.25) is 0 Å². The number of carbonyl (C=O) groups is 2. The molecule has 0 unspecified atom stereocenters. The number of benzene rings is 1. The van der Waals surface area contributed by atoms with Gasteiger partial charge in [-0.15, -0.1) is 11.3 Å². The summed E-state index contributed by atoms with van der Waals surface area (Å²) in [7, 11) is 0. The van der Waals surface area contributed by atoms with Gasteiger partial charge in [-0.2, -0.15) is 0 Å². The number of hydrogen-bond acceptors (Lipinski definition) is 4. The number of fused-ring (bicyclic) bond motifs is 1. The lowest BCUT2D eigenvalue weighted by molar-refractivity contribution is -0.144. The number of amides is 2. The second kappa shape index (κ2) is 10.1. The molecule has 1 aliphatic heterocycles. The maximum atomic E-state index is 13.3. The Morgan fingerprint density at radius 2 is 1.97 bits per heavy atom. The second-order valence-corrected chi connectivity index (χ2v) is 9.19. The van der Waals surface area contributed by atoms with Crippen LogP contribution in [0.3, 0.4) is 0 Å². The molecule has 1 aromatic heterocycles. The Bertz CT molecular complexity index is 860. The Morgan fingerprint density at radius 3 is 2.63 bits per heavy atom. The van der Waals surface area contributed by atoms with Crippen LogP contribution in [0, 0.1) is 12.8 Å². The van der Waals surface area contributed by atoms with Gasteiger partial charge in [-0.1, -0.05) is 38.5 Å². The predicted octanol–water partition coefficient (Wildman–Crippen LogP) is 4.46. The monoisotopic (exact) mass is 428 g/mol. The number of hydrogen-bond donors (Lipinski definition) is 0. The Balaban J connectivity index is 1.76. The van der Waals surface area contributed by atoms with Crippen LogP contribution in [0.1, 0.15) is 49.2 Å². The number of nitrogens with zero attached hydrogens (tertiary/aromatic N) is 2. The van der Waals surface area contributed by atoms with Crippen LogP contribution in [0.25, 0.3) is 0 Å². The normalized spacial score (nSPS) is 15.8. The molecule has 0 N–H and O–H groups in total. The first-order chi connectivity index (χ1) is 14.4. The largest absolute Gasteiger partial charge is 0.491 e. The molecule has 2 heterocycles. The summed E-state index contributed by atoms with van der Waals surface area (Å²) in [6.07, 6.45) is 1.69. The molecular formula is C24H32N2O3S. The highest BCUT2D eigenvalue weighted by Gasteiger charge is 2.33. The average Bonchev–Trinajstić information content (AvgIpc) is 3.21. The summed E-state index contributed by atoms with van der Waals surface area (Å²) in [5, 5.41) is 2.09. The highest BCUT2D eigenvalue weighted by atomic mass is 32.1. The first kappa shape index (κ1) is 22.3. The molecular weight excluding hydrogens is 396 g/mol. The Kier molecular flexibility index (Phi) is 7.53. The fraction of sp³-hybridized carbons (Fsp3) is 0.500. The zero-order valence-corrected chi connectivity index (χ0v) is 19.2. The van der Waals surface area contributed by atoms with Gasteiger partial charge in [0.1, 0.15) is 12.4 Å². The lowest BCUT2D eigenvalue weighted by Crippen LogP contribution is -2.48. The van der Waals surface area contributed by atoms with Crippen molar-refractivity contribution >= 4 is 23.2 Å². The van der Waals surface area contributed by atoms with Crippen LogP contribution in [-0.4, -0.2) is 47.9 Å². The number of thiophene rings is 1. The van der Waals surface area contributed by atoms with Crippen molar-refractivity contribution in [1.82, 2.24) is 9.80 Å². The van der Waals surface area contributed by atoms with Gasteiger partial charge in [0, 0.05) is 23.9 Å². The summed E-state index contributed by atoms with van der Waals surface area (Å²) in [6, 6.07) is 9.94. The molecule has 0 aliphatic carbocycles. The molecule has 3 rings (SSSR count). The second-order valence-electron chi connectivity index (χ2n) is 8.19. The molecule has 0 saturated carbocycles. The zero-order chi connectivity index (χ0) is 21.7. The topological polar surface area (TPSA) is 49.9 Å². The lowest BCUT2D eigenvalue weighted by Gasteiger charge is -2.37. The van der Waals surface area contributed by atoms with Gasteiger partial charge in [-0.05, 0) is 48.9 Å². The summed E-state index contributed by atoms with van der Waals surface area (Å²) >= 11 is 1.74. The molecule has 30 heavy (non-hydrogen) atoms. The fourth-order valence-corrected chi connectivity index (χ4v) is 4.77. The molecule has 2 aromatic rings. The van der Waals surface area contributed by atoms with Crippen LogP contribution in [0.4, 0.5) is 0 Å². The van der Waals surface area contributed by atoms with Gasteiger partial charge in [-0.3, -0.25) is 9.59 Å². The van der Waals surface area contributed by atoms with E-state index in [9.17, 15) is 9.59 Å². The Hall–Kier alpha value is -2.34. The highest BCUT2D eigenvalue weighted by Crippen LogP contribution is 2.34. The van der Waals surface area contributed by atoms with Crippen LogP contribution < -0.4 is 4.74 Å². The SMILES string of the molecule is CCCN(CC(=O)N1CCc2sccc2[C@@H]1COc1ccc(C)cc1)C(=O)C(C)C. The molecule has 0 saturated heterocycles. The van der Waals surface area contributed by atoms with E-state index in [1.165, 1.54) is 16.0 Å². The van der Waals surface area contributed by atoms with Gasteiger partial charge in [0.2, 0.25) is 11.8 Å².